The molecule has 0 atom stereocenters. The van der Waals surface area contributed by atoms with Gasteiger partial charge >= 0.3 is 0 Å². The molecule has 0 heterocycles. The average molecular weight is 344 g/mol. The van der Waals surface area contributed by atoms with Gasteiger partial charge in [0, 0.05) is 5.56 Å². The summed E-state index contributed by atoms with van der Waals surface area (Å²) >= 11 is 3.03. The van der Waals surface area contributed by atoms with Gasteiger partial charge in [-0.1, -0.05) is 18.0 Å². The van der Waals surface area contributed by atoms with Crippen LogP contribution in [0.5, 0.6) is 0 Å². The minimum absolute atomic E-state index is 0.0130. The number of nitrogens with two attached hydrogens (primary N) is 1. The first-order chi connectivity index (χ1) is 9.48. The molecule has 0 aromatic heterocycles. The van der Waals surface area contributed by atoms with E-state index in [-0.39, 0.29) is 11.4 Å². The number of halogens is 2. The maximum Gasteiger partial charge on any atom is 0.252 e. The summed E-state index contributed by atoms with van der Waals surface area (Å²) in [5.41, 5.74) is 5.06. The smallest absolute Gasteiger partial charge is 0.252 e. The highest BCUT2D eigenvalue weighted by atomic mass is 79.9. The van der Waals surface area contributed by atoms with Gasteiger partial charge in [0.2, 0.25) is 0 Å². The summed E-state index contributed by atoms with van der Waals surface area (Å²) in [5.74, 6) is -0.965. The SMILES string of the molecule is NC(=NO)C1(NC(=O)c2ccc(Br)c(F)c2)CCCC1. The number of carbonyl (C=O) groups is 1. The van der Waals surface area contributed by atoms with Gasteiger partial charge in [0.1, 0.15) is 11.4 Å². The van der Waals surface area contributed by atoms with Crippen molar-refractivity contribution in [2.75, 3.05) is 0 Å². The second kappa shape index (κ2) is 5.78. The van der Waals surface area contributed by atoms with Crippen molar-refractivity contribution in [1.29, 1.82) is 0 Å². The zero-order chi connectivity index (χ0) is 14.8. The van der Waals surface area contributed by atoms with E-state index in [0.717, 1.165) is 18.9 Å². The molecule has 7 heteroatoms. The van der Waals surface area contributed by atoms with Gasteiger partial charge in [-0.15, -0.1) is 0 Å². The third kappa shape index (κ3) is 2.77. The summed E-state index contributed by atoms with van der Waals surface area (Å²) in [5, 5.41) is 14.7. The van der Waals surface area contributed by atoms with E-state index in [2.05, 4.69) is 26.4 Å². The number of hydrogen-bond acceptors (Lipinski definition) is 3. The fourth-order valence-corrected chi connectivity index (χ4v) is 2.69. The van der Waals surface area contributed by atoms with E-state index in [0.29, 0.717) is 17.3 Å². The van der Waals surface area contributed by atoms with Gasteiger partial charge in [-0.25, -0.2) is 4.39 Å². The Balaban J connectivity index is 2.23. The minimum atomic E-state index is -0.838. The van der Waals surface area contributed by atoms with Gasteiger partial charge in [-0.05, 0) is 47.0 Å². The van der Waals surface area contributed by atoms with Crippen LogP contribution in [0, 0.1) is 5.82 Å². The molecule has 1 aliphatic rings. The van der Waals surface area contributed by atoms with Gasteiger partial charge in [0.05, 0.1) is 4.47 Å². The summed E-state index contributed by atoms with van der Waals surface area (Å²) < 4.78 is 13.8. The number of carbonyl (C=O) groups excluding carboxylic acids is 1. The summed E-state index contributed by atoms with van der Waals surface area (Å²) in [4.78, 5) is 12.2. The van der Waals surface area contributed by atoms with Crippen LogP contribution in [0.1, 0.15) is 36.0 Å². The van der Waals surface area contributed by atoms with Crippen LogP contribution < -0.4 is 11.1 Å². The van der Waals surface area contributed by atoms with Crippen LogP contribution in [0.25, 0.3) is 0 Å². The molecule has 0 unspecified atom stereocenters. The Bertz CT molecular complexity index is 557. The molecular formula is C13H15BrFN3O2. The third-order valence-corrected chi connectivity index (χ3v) is 4.23. The lowest BCUT2D eigenvalue weighted by Gasteiger charge is -2.28. The Morgan fingerprint density at radius 2 is 2.10 bits per heavy atom. The fourth-order valence-electron chi connectivity index (χ4n) is 2.45. The summed E-state index contributed by atoms with van der Waals surface area (Å²) in [6.45, 7) is 0. The molecule has 1 aliphatic carbocycles. The van der Waals surface area contributed by atoms with Crippen molar-refractivity contribution < 1.29 is 14.4 Å². The van der Waals surface area contributed by atoms with Crippen LogP contribution >= 0.6 is 15.9 Å². The summed E-state index contributed by atoms with van der Waals surface area (Å²) in [7, 11) is 0. The van der Waals surface area contributed by atoms with E-state index in [1.54, 1.807) is 0 Å². The van der Waals surface area contributed by atoms with E-state index in [1.807, 2.05) is 0 Å². The molecule has 1 saturated carbocycles. The molecule has 1 fully saturated rings. The van der Waals surface area contributed by atoms with Crippen LogP contribution in [0.3, 0.4) is 0 Å². The second-order valence-electron chi connectivity index (χ2n) is 4.86. The van der Waals surface area contributed by atoms with E-state index < -0.39 is 17.3 Å². The number of amides is 1. The highest BCUT2D eigenvalue weighted by molar-refractivity contribution is 9.10. The van der Waals surface area contributed by atoms with Crippen LogP contribution in [-0.4, -0.2) is 22.5 Å². The Kier molecular flexibility index (Phi) is 4.27. The molecule has 0 radical (unpaired) electrons. The van der Waals surface area contributed by atoms with Gasteiger partial charge in [0.15, 0.2) is 5.84 Å². The molecule has 108 valence electrons. The third-order valence-electron chi connectivity index (χ3n) is 3.59. The second-order valence-corrected chi connectivity index (χ2v) is 5.71. The predicted molar refractivity (Wildman–Crippen MR) is 76.2 cm³/mol. The summed E-state index contributed by atoms with van der Waals surface area (Å²) in [6.07, 6.45) is 2.97. The standard InChI is InChI=1S/C13H15BrFN3O2/c14-9-4-3-8(7-10(9)15)11(19)17-13(12(16)18-20)5-1-2-6-13/h3-4,7,20H,1-2,5-6H2,(H2,16,18)(H,17,19). The Hall–Kier alpha value is -1.63. The number of hydrogen-bond donors (Lipinski definition) is 3. The first-order valence-corrected chi connectivity index (χ1v) is 7.03. The van der Waals surface area contributed by atoms with Crippen molar-refractivity contribution in [3.63, 3.8) is 0 Å². The topological polar surface area (TPSA) is 87.7 Å². The zero-order valence-electron chi connectivity index (χ0n) is 10.7. The van der Waals surface area contributed by atoms with Crippen molar-refractivity contribution in [3.8, 4) is 0 Å². The summed E-state index contributed by atoms with van der Waals surface area (Å²) in [6, 6.07) is 4.13. The number of nitrogens with zero attached hydrogens (tertiary/aromatic N) is 1. The molecular weight excluding hydrogens is 329 g/mol. The highest BCUT2D eigenvalue weighted by Gasteiger charge is 2.40. The quantitative estimate of drug-likeness (QED) is 0.340. The van der Waals surface area contributed by atoms with E-state index in [1.165, 1.54) is 12.1 Å². The lowest BCUT2D eigenvalue weighted by Crippen LogP contribution is -2.55. The van der Waals surface area contributed by atoms with Crippen molar-refractivity contribution >= 4 is 27.7 Å². The van der Waals surface area contributed by atoms with E-state index in [9.17, 15) is 9.18 Å². The van der Waals surface area contributed by atoms with Crippen LogP contribution in [0.2, 0.25) is 0 Å². The predicted octanol–water partition coefficient (Wildman–Crippen LogP) is 2.38. The molecule has 1 aromatic rings. The first-order valence-electron chi connectivity index (χ1n) is 6.24. The first kappa shape index (κ1) is 14.8. The van der Waals surface area contributed by atoms with Crippen LogP contribution in [-0.2, 0) is 0 Å². The molecule has 5 nitrogen and oxygen atoms in total. The van der Waals surface area contributed by atoms with Crippen molar-refractivity contribution in [3.05, 3.63) is 34.1 Å². The highest BCUT2D eigenvalue weighted by Crippen LogP contribution is 2.30. The molecule has 4 N–H and O–H groups in total. The lowest BCUT2D eigenvalue weighted by molar-refractivity contribution is 0.0922. The number of amidine groups is 1. The number of nitrogens with one attached hydrogen (secondary N) is 1. The molecule has 0 aliphatic heterocycles. The van der Waals surface area contributed by atoms with Crippen LogP contribution in [0.4, 0.5) is 4.39 Å². The Morgan fingerprint density at radius 3 is 2.65 bits per heavy atom. The van der Waals surface area contributed by atoms with E-state index in [4.69, 9.17) is 10.9 Å². The average Bonchev–Trinajstić information content (AvgIpc) is 2.90. The molecule has 1 amide bonds. The Morgan fingerprint density at radius 1 is 1.45 bits per heavy atom. The Labute approximate surface area is 124 Å². The monoisotopic (exact) mass is 343 g/mol. The minimum Gasteiger partial charge on any atom is -0.409 e. The van der Waals surface area contributed by atoms with Gasteiger partial charge in [0.25, 0.3) is 5.91 Å². The fraction of sp³-hybridized carbons (Fsp3) is 0.385. The molecule has 0 saturated heterocycles. The van der Waals surface area contributed by atoms with E-state index >= 15 is 0 Å². The normalized spacial score (nSPS) is 18.0. The number of oxime groups is 1. The maximum absolute atomic E-state index is 13.5. The van der Waals surface area contributed by atoms with Gasteiger partial charge in [-0.2, -0.15) is 0 Å². The van der Waals surface area contributed by atoms with Gasteiger partial charge in [-0.3, -0.25) is 4.79 Å². The largest absolute Gasteiger partial charge is 0.409 e. The number of rotatable bonds is 3. The lowest BCUT2D eigenvalue weighted by atomic mass is 9.95. The molecule has 1 aromatic carbocycles. The molecule has 0 bridgehead atoms. The molecule has 20 heavy (non-hydrogen) atoms. The van der Waals surface area contributed by atoms with Crippen molar-refractivity contribution in [2.24, 2.45) is 10.9 Å². The van der Waals surface area contributed by atoms with Crippen molar-refractivity contribution in [2.45, 2.75) is 31.2 Å². The van der Waals surface area contributed by atoms with Crippen LogP contribution in [0.15, 0.2) is 27.8 Å². The molecule has 2 rings (SSSR count). The van der Waals surface area contributed by atoms with Crippen molar-refractivity contribution in [1.82, 2.24) is 5.32 Å². The zero-order valence-corrected chi connectivity index (χ0v) is 12.3. The maximum atomic E-state index is 13.5. The van der Waals surface area contributed by atoms with Gasteiger partial charge < -0.3 is 16.3 Å². The molecule has 0 spiro atoms. The number of benzene rings is 1.